The Morgan fingerprint density at radius 1 is 0.382 bits per heavy atom. The average molecular weight is 996 g/mol. The highest BCUT2D eigenvalue weighted by molar-refractivity contribution is 7.00. The lowest BCUT2D eigenvalue weighted by Gasteiger charge is -2.51. The summed E-state index contributed by atoms with van der Waals surface area (Å²) < 4.78 is 0. The normalized spacial score (nSPS) is 19.0. The standard InChI is InChI=1S/C72H78BN3/c1-67(2,3)49-32-36-59(54(41-49)47-25-17-15-18-26-47)74-62-38-34-51(69(7,8)9)43-58(62)73-57-35-31-52(70(10,11)12)44-63(57)75(60-37-33-50(68(4,5)6)42-55(60)48-27-19-16-20-28-48)65-46-53(45-64(74)66(65)73)76-61-30-22-21-29-56(61)71(13)39-23-24-40-72(71,76)14/h15-22,25-38,41-46H,23-24,39-40H2,1-14H3. The topological polar surface area (TPSA) is 9.72 Å². The third kappa shape index (κ3) is 7.82. The van der Waals surface area contributed by atoms with Crippen molar-refractivity contribution in [1.82, 2.24) is 0 Å². The molecule has 1 saturated carbocycles. The molecule has 4 aliphatic rings. The summed E-state index contributed by atoms with van der Waals surface area (Å²) in [6.07, 6.45) is 4.74. The van der Waals surface area contributed by atoms with E-state index in [1.807, 2.05) is 0 Å². The van der Waals surface area contributed by atoms with Gasteiger partial charge in [-0.25, -0.2) is 0 Å². The van der Waals surface area contributed by atoms with Gasteiger partial charge in [0.2, 0.25) is 0 Å². The first-order valence-corrected chi connectivity index (χ1v) is 28.3. The van der Waals surface area contributed by atoms with Crippen LogP contribution in [0.1, 0.15) is 150 Å². The Morgan fingerprint density at radius 3 is 1.37 bits per heavy atom. The van der Waals surface area contributed by atoms with E-state index in [4.69, 9.17) is 0 Å². The summed E-state index contributed by atoms with van der Waals surface area (Å²) in [7, 11) is 0. The summed E-state index contributed by atoms with van der Waals surface area (Å²) in [6.45, 7) is 33.4. The molecule has 0 amide bonds. The number of rotatable bonds is 5. The van der Waals surface area contributed by atoms with Crippen LogP contribution in [-0.4, -0.2) is 12.3 Å². The summed E-state index contributed by atoms with van der Waals surface area (Å²) in [5.74, 6) is 0. The second-order valence-electron chi connectivity index (χ2n) is 27.4. The Morgan fingerprint density at radius 2 is 0.829 bits per heavy atom. The molecule has 2 unspecified atom stereocenters. The van der Waals surface area contributed by atoms with Crippen LogP contribution in [0.4, 0.5) is 45.5 Å². The minimum Gasteiger partial charge on any atom is -0.334 e. The Balaban J connectivity index is 1.27. The van der Waals surface area contributed by atoms with Crippen LogP contribution in [0.15, 0.2) is 170 Å². The lowest BCUT2D eigenvalue weighted by atomic mass is 9.33. The Labute approximate surface area is 456 Å². The molecule has 0 aromatic heterocycles. The lowest BCUT2D eigenvalue weighted by molar-refractivity contribution is 0.195. The minimum atomic E-state index is -0.155. The maximum atomic E-state index is 2.81. The highest BCUT2D eigenvalue weighted by atomic mass is 15.3. The predicted molar refractivity (Wildman–Crippen MR) is 329 cm³/mol. The van der Waals surface area contributed by atoms with Crippen LogP contribution in [-0.2, 0) is 27.1 Å². The maximum absolute atomic E-state index is 2.81. The number of fused-ring (bicyclic) bond motifs is 7. The molecule has 8 aromatic rings. The third-order valence-electron chi connectivity index (χ3n) is 18.4. The van der Waals surface area contributed by atoms with Crippen molar-refractivity contribution in [3.05, 3.63) is 198 Å². The third-order valence-corrected chi connectivity index (χ3v) is 18.4. The fourth-order valence-electron chi connectivity index (χ4n) is 13.8. The predicted octanol–water partition coefficient (Wildman–Crippen LogP) is 18.0. The van der Waals surface area contributed by atoms with Gasteiger partial charge >= 0.3 is 0 Å². The quantitative estimate of drug-likeness (QED) is 0.159. The van der Waals surface area contributed by atoms with Crippen molar-refractivity contribution in [2.75, 3.05) is 14.7 Å². The van der Waals surface area contributed by atoms with Gasteiger partial charge in [0.1, 0.15) is 0 Å². The van der Waals surface area contributed by atoms with Gasteiger partial charge < -0.3 is 14.7 Å². The van der Waals surface area contributed by atoms with E-state index in [2.05, 4.69) is 281 Å². The highest BCUT2D eigenvalue weighted by Gasteiger charge is 2.58. The molecule has 1 aliphatic carbocycles. The van der Waals surface area contributed by atoms with Crippen molar-refractivity contribution in [3.63, 3.8) is 0 Å². The molecule has 0 spiro atoms. The van der Waals surface area contributed by atoms with Gasteiger partial charge in [-0.2, -0.15) is 0 Å². The van der Waals surface area contributed by atoms with Gasteiger partial charge in [-0.15, -0.1) is 0 Å². The summed E-state index contributed by atoms with van der Waals surface area (Å²) >= 11 is 0. The van der Waals surface area contributed by atoms with Crippen LogP contribution in [0.25, 0.3) is 22.3 Å². The van der Waals surface area contributed by atoms with Crippen molar-refractivity contribution < 1.29 is 0 Å². The first-order chi connectivity index (χ1) is 36.0. The number of anilines is 8. The van der Waals surface area contributed by atoms with Crippen molar-refractivity contribution in [1.29, 1.82) is 0 Å². The zero-order chi connectivity index (χ0) is 53.5. The van der Waals surface area contributed by atoms with Crippen molar-refractivity contribution in [2.24, 2.45) is 0 Å². The average Bonchev–Trinajstić information content (AvgIpc) is 3.70. The van der Waals surface area contributed by atoms with E-state index in [1.165, 1.54) is 131 Å². The molecule has 0 saturated heterocycles. The number of hydrogen-bond donors (Lipinski definition) is 0. The van der Waals surface area contributed by atoms with Crippen LogP contribution in [0.2, 0.25) is 0 Å². The second kappa shape index (κ2) is 17.4. The molecular weight excluding hydrogens is 918 g/mol. The zero-order valence-corrected chi connectivity index (χ0v) is 47.9. The van der Waals surface area contributed by atoms with E-state index in [0.29, 0.717) is 0 Å². The van der Waals surface area contributed by atoms with E-state index in [-0.39, 0.29) is 39.3 Å². The Kier molecular flexibility index (Phi) is 11.4. The van der Waals surface area contributed by atoms with Gasteiger partial charge in [-0.05, 0) is 151 Å². The van der Waals surface area contributed by atoms with Crippen LogP contribution < -0.4 is 31.1 Å². The number of benzene rings is 8. The van der Waals surface area contributed by atoms with E-state index >= 15 is 0 Å². The van der Waals surface area contributed by atoms with Crippen LogP contribution in [0, 0.1) is 0 Å². The van der Waals surface area contributed by atoms with E-state index in [9.17, 15) is 0 Å². The zero-order valence-electron chi connectivity index (χ0n) is 47.9. The molecule has 2 atom stereocenters. The first kappa shape index (κ1) is 50.1. The molecule has 0 bridgehead atoms. The number of para-hydroxylation sites is 1. The maximum Gasteiger partial charge on any atom is 0.252 e. The Bertz CT molecular complexity index is 3580. The van der Waals surface area contributed by atoms with Crippen molar-refractivity contribution in [3.8, 4) is 22.3 Å². The van der Waals surface area contributed by atoms with Gasteiger partial charge in [-0.1, -0.05) is 218 Å². The van der Waals surface area contributed by atoms with Crippen molar-refractivity contribution >= 4 is 68.6 Å². The fraction of sp³-hybridized carbons (Fsp3) is 0.333. The van der Waals surface area contributed by atoms with Gasteiger partial charge in [0.25, 0.3) is 6.71 Å². The molecule has 3 heterocycles. The molecule has 0 radical (unpaired) electrons. The Hall–Kier alpha value is -6.78. The molecule has 8 aromatic carbocycles. The monoisotopic (exact) mass is 996 g/mol. The summed E-state index contributed by atoms with van der Waals surface area (Å²) in [5, 5.41) is 0. The number of hydrogen-bond acceptors (Lipinski definition) is 3. The van der Waals surface area contributed by atoms with Crippen LogP contribution in [0.3, 0.4) is 0 Å². The van der Waals surface area contributed by atoms with Gasteiger partial charge in [0.15, 0.2) is 0 Å². The highest BCUT2D eigenvalue weighted by Crippen LogP contribution is 2.62. The molecule has 4 heteroatoms. The van der Waals surface area contributed by atoms with E-state index in [1.54, 1.807) is 0 Å². The summed E-state index contributed by atoms with van der Waals surface area (Å²) in [4.78, 5) is 8.21. The first-order valence-electron chi connectivity index (χ1n) is 28.3. The van der Waals surface area contributed by atoms with Crippen LogP contribution >= 0.6 is 0 Å². The minimum absolute atomic E-state index is 0.0203. The SMILES string of the molecule is CC(C)(C)c1ccc2c(c1)B1c3ccc(C(C)(C)C)cc3N(c3ccc(C(C)(C)C)cc3-c3ccccc3)c3cc(N4c5ccccc5C5(C)CCCCC45C)cc(c31)N2c1ccc(C(C)(C)C)cc1-c1ccccc1. The molecule has 3 nitrogen and oxygen atoms in total. The van der Waals surface area contributed by atoms with E-state index < -0.39 is 0 Å². The van der Waals surface area contributed by atoms with Gasteiger partial charge in [-0.3, -0.25) is 0 Å². The van der Waals surface area contributed by atoms with Gasteiger partial charge in [0, 0.05) is 50.7 Å². The van der Waals surface area contributed by atoms with Crippen molar-refractivity contribution in [2.45, 2.75) is 155 Å². The molecule has 12 rings (SSSR count). The van der Waals surface area contributed by atoms with E-state index in [0.717, 1.165) is 6.42 Å². The molecule has 384 valence electrons. The number of nitrogens with zero attached hydrogens (tertiary/aromatic N) is 3. The smallest absolute Gasteiger partial charge is 0.252 e. The lowest BCUT2D eigenvalue weighted by Crippen LogP contribution is -2.62. The van der Waals surface area contributed by atoms with Gasteiger partial charge in [0.05, 0.1) is 16.9 Å². The molecule has 76 heavy (non-hydrogen) atoms. The second-order valence-corrected chi connectivity index (χ2v) is 27.4. The fourth-order valence-corrected chi connectivity index (χ4v) is 13.8. The molecular formula is C72H78BN3. The summed E-state index contributed by atoms with van der Waals surface area (Å²) in [6, 6.07) is 66.6. The largest absolute Gasteiger partial charge is 0.334 e. The molecule has 0 N–H and O–H groups in total. The molecule has 3 aliphatic heterocycles. The molecule has 1 fully saturated rings. The van der Waals surface area contributed by atoms with Crippen LogP contribution in [0.5, 0.6) is 0 Å². The summed E-state index contributed by atoms with van der Waals surface area (Å²) in [5.41, 5.74) is 25.3.